The van der Waals surface area contributed by atoms with Gasteiger partial charge in [0.25, 0.3) is 0 Å². The number of ether oxygens (including phenoxy) is 2. The van der Waals surface area contributed by atoms with E-state index in [-0.39, 0.29) is 12.6 Å². The fourth-order valence-corrected chi connectivity index (χ4v) is 3.08. The Kier molecular flexibility index (Phi) is 6.60. The molecule has 148 valence electrons. The van der Waals surface area contributed by atoms with Crippen LogP contribution in [0, 0.1) is 0 Å². The minimum absolute atomic E-state index is 0.162. The number of piperazine rings is 1. The van der Waals surface area contributed by atoms with E-state index in [2.05, 4.69) is 10.2 Å². The number of halogens is 1. The van der Waals surface area contributed by atoms with E-state index < -0.39 is 6.16 Å². The third kappa shape index (κ3) is 5.29. The molecule has 1 saturated heterocycles. The predicted octanol–water partition coefficient (Wildman–Crippen LogP) is 4.23. The summed E-state index contributed by atoms with van der Waals surface area (Å²) in [6.07, 6.45) is -0.753. The Hall–Kier alpha value is -2.93. The lowest BCUT2D eigenvalue weighted by Gasteiger charge is -2.36. The molecule has 0 atom stereocenters. The maximum Gasteiger partial charge on any atom is 0.513 e. The highest BCUT2D eigenvalue weighted by atomic mass is 35.5. The van der Waals surface area contributed by atoms with Gasteiger partial charge >= 0.3 is 12.2 Å². The molecular weight excluding hydrogens is 382 g/mol. The van der Waals surface area contributed by atoms with Crippen LogP contribution in [0.5, 0.6) is 5.75 Å². The summed E-state index contributed by atoms with van der Waals surface area (Å²) >= 11 is 6.05. The number of urea groups is 1. The standard InChI is InChI=1S/C20H22ClN3O4/c1-2-27-20(26)28-18-8-6-16(7-9-18)22-19(25)24-12-10-23(11-13-24)17-5-3-4-15(21)14-17/h3-9,14H,2,10-13H2,1H3,(H,22,25). The van der Waals surface area contributed by atoms with Crippen molar-refractivity contribution in [3.05, 3.63) is 53.6 Å². The molecule has 0 aliphatic carbocycles. The lowest BCUT2D eigenvalue weighted by molar-refractivity contribution is 0.104. The summed E-state index contributed by atoms with van der Waals surface area (Å²) in [5.41, 5.74) is 1.68. The van der Waals surface area contributed by atoms with Crippen LogP contribution >= 0.6 is 11.6 Å². The highest BCUT2D eigenvalue weighted by Gasteiger charge is 2.21. The van der Waals surface area contributed by atoms with E-state index in [0.29, 0.717) is 29.5 Å². The summed E-state index contributed by atoms with van der Waals surface area (Å²) < 4.78 is 9.71. The molecule has 8 heteroatoms. The first-order valence-corrected chi connectivity index (χ1v) is 9.44. The summed E-state index contributed by atoms with van der Waals surface area (Å²) in [6, 6.07) is 14.1. The van der Waals surface area contributed by atoms with Gasteiger partial charge in [0.15, 0.2) is 0 Å². The van der Waals surface area contributed by atoms with Gasteiger partial charge in [0.2, 0.25) is 0 Å². The predicted molar refractivity (Wildman–Crippen MR) is 108 cm³/mol. The molecule has 2 aromatic rings. The van der Waals surface area contributed by atoms with Gasteiger partial charge in [0.05, 0.1) is 6.61 Å². The number of nitrogens with one attached hydrogen (secondary N) is 1. The lowest BCUT2D eigenvalue weighted by atomic mass is 10.2. The van der Waals surface area contributed by atoms with Crippen LogP contribution in [0.25, 0.3) is 0 Å². The van der Waals surface area contributed by atoms with Crippen molar-refractivity contribution in [1.29, 1.82) is 0 Å². The van der Waals surface area contributed by atoms with Crippen LogP contribution in [-0.2, 0) is 4.74 Å². The van der Waals surface area contributed by atoms with E-state index >= 15 is 0 Å². The molecule has 7 nitrogen and oxygen atoms in total. The molecule has 1 fully saturated rings. The second kappa shape index (κ2) is 9.32. The van der Waals surface area contributed by atoms with Crippen molar-refractivity contribution in [1.82, 2.24) is 4.90 Å². The molecule has 0 radical (unpaired) electrons. The summed E-state index contributed by atoms with van der Waals surface area (Å²) in [4.78, 5) is 27.8. The molecule has 0 bridgehead atoms. The molecule has 0 saturated carbocycles. The Morgan fingerprint density at radius 3 is 2.43 bits per heavy atom. The molecule has 2 aromatic carbocycles. The minimum Gasteiger partial charge on any atom is -0.434 e. The van der Waals surface area contributed by atoms with Gasteiger partial charge in [-0.3, -0.25) is 0 Å². The van der Waals surface area contributed by atoms with Crippen molar-refractivity contribution in [2.24, 2.45) is 0 Å². The van der Waals surface area contributed by atoms with Crippen LogP contribution in [0.3, 0.4) is 0 Å². The highest BCUT2D eigenvalue weighted by Crippen LogP contribution is 2.21. The van der Waals surface area contributed by atoms with Crippen molar-refractivity contribution >= 4 is 35.2 Å². The van der Waals surface area contributed by atoms with Crippen molar-refractivity contribution < 1.29 is 19.1 Å². The Balaban J connectivity index is 1.49. The third-order valence-corrected chi connectivity index (χ3v) is 4.54. The maximum absolute atomic E-state index is 12.5. The molecule has 1 N–H and O–H groups in total. The average molecular weight is 404 g/mol. The van der Waals surface area contributed by atoms with Gasteiger partial charge in [0.1, 0.15) is 5.75 Å². The van der Waals surface area contributed by atoms with Crippen LogP contribution in [0.2, 0.25) is 5.02 Å². The number of carbonyl (C=O) groups excluding carboxylic acids is 2. The molecular formula is C20H22ClN3O4. The minimum atomic E-state index is -0.753. The quantitative estimate of drug-likeness (QED) is 0.611. The summed E-state index contributed by atoms with van der Waals surface area (Å²) in [5, 5.41) is 3.56. The third-order valence-electron chi connectivity index (χ3n) is 4.31. The number of hydrogen-bond acceptors (Lipinski definition) is 5. The number of amides is 2. The first-order chi connectivity index (χ1) is 13.5. The summed E-state index contributed by atoms with van der Waals surface area (Å²) in [6.45, 7) is 4.65. The second-order valence-corrected chi connectivity index (χ2v) is 6.63. The molecule has 0 aromatic heterocycles. The van der Waals surface area contributed by atoms with E-state index in [0.717, 1.165) is 18.8 Å². The highest BCUT2D eigenvalue weighted by molar-refractivity contribution is 6.30. The topological polar surface area (TPSA) is 71.1 Å². The molecule has 1 heterocycles. The summed E-state index contributed by atoms with van der Waals surface area (Å²) in [5.74, 6) is 0.353. The Morgan fingerprint density at radius 2 is 1.79 bits per heavy atom. The molecule has 1 aliphatic rings. The van der Waals surface area contributed by atoms with E-state index in [4.69, 9.17) is 21.1 Å². The Labute approximate surface area is 168 Å². The number of nitrogens with zero attached hydrogens (tertiary/aromatic N) is 2. The monoisotopic (exact) mass is 403 g/mol. The first-order valence-electron chi connectivity index (χ1n) is 9.06. The molecule has 0 spiro atoms. The van der Waals surface area contributed by atoms with Gasteiger partial charge in [-0.05, 0) is 49.4 Å². The van der Waals surface area contributed by atoms with Crippen molar-refractivity contribution in [2.45, 2.75) is 6.92 Å². The van der Waals surface area contributed by atoms with Crippen LogP contribution < -0.4 is 15.0 Å². The van der Waals surface area contributed by atoms with Crippen molar-refractivity contribution in [3.8, 4) is 5.75 Å². The molecule has 2 amide bonds. The van der Waals surface area contributed by atoms with Crippen LogP contribution in [-0.4, -0.2) is 49.9 Å². The number of anilines is 2. The van der Waals surface area contributed by atoms with Crippen LogP contribution in [0.15, 0.2) is 48.5 Å². The number of hydrogen-bond donors (Lipinski definition) is 1. The van der Waals surface area contributed by atoms with Gasteiger partial charge in [-0.2, -0.15) is 0 Å². The average Bonchev–Trinajstić information content (AvgIpc) is 2.70. The van der Waals surface area contributed by atoms with Crippen molar-refractivity contribution in [2.75, 3.05) is 43.0 Å². The normalized spacial score (nSPS) is 13.8. The SMILES string of the molecule is CCOC(=O)Oc1ccc(NC(=O)N2CCN(c3cccc(Cl)c3)CC2)cc1. The van der Waals surface area contributed by atoms with Gasteiger partial charge in [-0.1, -0.05) is 17.7 Å². The fraction of sp³-hybridized carbons (Fsp3) is 0.300. The maximum atomic E-state index is 12.5. The fourth-order valence-electron chi connectivity index (χ4n) is 2.89. The zero-order valence-corrected chi connectivity index (χ0v) is 16.3. The Morgan fingerprint density at radius 1 is 1.07 bits per heavy atom. The van der Waals surface area contributed by atoms with E-state index in [1.54, 1.807) is 36.1 Å². The van der Waals surface area contributed by atoms with Crippen LogP contribution in [0.4, 0.5) is 21.0 Å². The molecule has 3 rings (SSSR count). The van der Waals surface area contributed by atoms with Crippen LogP contribution in [0.1, 0.15) is 6.92 Å². The van der Waals surface area contributed by atoms with E-state index in [9.17, 15) is 9.59 Å². The molecule has 0 unspecified atom stereocenters. The summed E-state index contributed by atoms with van der Waals surface area (Å²) in [7, 11) is 0. The largest absolute Gasteiger partial charge is 0.513 e. The second-order valence-electron chi connectivity index (χ2n) is 6.19. The van der Waals surface area contributed by atoms with Crippen molar-refractivity contribution in [3.63, 3.8) is 0 Å². The van der Waals surface area contributed by atoms with Gasteiger partial charge < -0.3 is 24.6 Å². The van der Waals surface area contributed by atoms with E-state index in [1.807, 2.05) is 24.3 Å². The first kappa shape index (κ1) is 19.8. The van der Waals surface area contributed by atoms with Gasteiger partial charge in [-0.15, -0.1) is 0 Å². The van der Waals surface area contributed by atoms with Gasteiger partial charge in [0, 0.05) is 42.6 Å². The zero-order valence-electron chi connectivity index (χ0n) is 15.6. The Bertz CT molecular complexity index is 820. The van der Waals surface area contributed by atoms with E-state index in [1.165, 1.54) is 0 Å². The number of rotatable bonds is 4. The number of benzene rings is 2. The zero-order chi connectivity index (χ0) is 19.9. The molecule has 1 aliphatic heterocycles. The number of carbonyl (C=O) groups is 2. The molecule has 28 heavy (non-hydrogen) atoms. The van der Waals surface area contributed by atoms with Gasteiger partial charge in [-0.25, -0.2) is 9.59 Å². The lowest BCUT2D eigenvalue weighted by Crippen LogP contribution is -2.50. The smallest absolute Gasteiger partial charge is 0.434 e.